The first-order chi connectivity index (χ1) is 4.80. The molecule has 0 heteroatoms. The second kappa shape index (κ2) is 9.00. The highest BCUT2D eigenvalue weighted by Gasteiger charge is 2.20. The molecule has 0 aromatic heterocycles. The van der Waals surface area contributed by atoms with Crippen molar-refractivity contribution in [2.75, 3.05) is 0 Å². The molecule has 1 unspecified atom stereocenters. The molecule has 0 aromatic rings. The summed E-state index contributed by atoms with van der Waals surface area (Å²) in [6.07, 6.45) is 2.95. The Hall–Kier alpha value is 0. The molecular weight excluding hydrogens is 120 g/mol. The third-order valence-corrected chi connectivity index (χ3v) is 2.05. The van der Waals surface area contributed by atoms with E-state index in [9.17, 15) is 0 Å². The topological polar surface area (TPSA) is 0 Å². The van der Waals surface area contributed by atoms with Gasteiger partial charge in [-0.05, 0) is 11.8 Å². The van der Waals surface area contributed by atoms with E-state index >= 15 is 0 Å². The van der Waals surface area contributed by atoms with Gasteiger partial charge in [0.25, 0.3) is 0 Å². The Kier molecular flexibility index (Phi) is 11.4. The number of hydrogen-bond acceptors (Lipinski definition) is 0. The van der Waals surface area contributed by atoms with Crippen molar-refractivity contribution in [1.29, 1.82) is 0 Å². The lowest BCUT2D eigenvalue weighted by Gasteiger charge is -2.29. The van der Waals surface area contributed by atoms with Gasteiger partial charge in [0.1, 0.15) is 0 Å². The zero-order chi connectivity index (χ0) is 8.57. The summed E-state index contributed by atoms with van der Waals surface area (Å²) in [7, 11) is 0. The summed E-state index contributed by atoms with van der Waals surface area (Å²) < 4.78 is 0. The van der Waals surface area contributed by atoms with Crippen molar-refractivity contribution in [3.8, 4) is 0 Å². The third kappa shape index (κ3) is 4.84. The van der Waals surface area contributed by atoms with Crippen LogP contribution >= 0.6 is 0 Å². The van der Waals surface area contributed by atoms with Gasteiger partial charge in [-0.1, -0.05) is 54.4 Å². The van der Waals surface area contributed by atoms with Crippen molar-refractivity contribution >= 4 is 0 Å². The highest BCUT2D eigenvalue weighted by Crippen LogP contribution is 2.32. The molecule has 0 aromatic carbocycles. The van der Waals surface area contributed by atoms with E-state index in [1.807, 2.05) is 27.7 Å². The second-order valence-corrected chi connectivity index (χ2v) is 2.53. The van der Waals surface area contributed by atoms with Gasteiger partial charge in [0.05, 0.1) is 0 Å². The highest BCUT2D eigenvalue weighted by molar-refractivity contribution is 4.71. The largest absolute Gasteiger partial charge is 0.0683 e. The summed E-state index contributed by atoms with van der Waals surface area (Å²) in [5.74, 6) is 2.06. The van der Waals surface area contributed by atoms with E-state index in [-0.39, 0.29) is 0 Å². The standard InChI is InChI=1S/C6H12.2C2H6/c1-5-3-4-6(5)2;2*1-2/h5-6H,3-4H2,1-2H3;2*1-2H3/t5-,6?;;/m0../s1. The number of hydrogen-bond donors (Lipinski definition) is 0. The minimum absolute atomic E-state index is 1.03. The second-order valence-electron chi connectivity index (χ2n) is 2.53. The summed E-state index contributed by atoms with van der Waals surface area (Å²) in [4.78, 5) is 0. The molecule has 0 N–H and O–H groups in total. The van der Waals surface area contributed by atoms with Crippen molar-refractivity contribution < 1.29 is 0 Å². The average Bonchev–Trinajstić information content (AvgIpc) is 2.08. The molecule has 0 amide bonds. The van der Waals surface area contributed by atoms with Gasteiger partial charge >= 0.3 is 0 Å². The van der Waals surface area contributed by atoms with Crippen LogP contribution in [0.1, 0.15) is 54.4 Å². The molecule has 1 aliphatic carbocycles. The van der Waals surface area contributed by atoms with E-state index < -0.39 is 0 Å². The quantitative estimate of drug-likeness (QED) is 0.480. The fourth-order valence-electron chi connectivity index (χ4n) is 0.833. The predicted molar refractivity (Wildman–Crippen MR) is 50.3 cm³/mol. The Morgan fingerprint density at radius 2 is 0.900 bits per heavy atom. The lowest BCUT2D eigenvalue weighted by atomic mass is 9.77. The van der Waals surface area contributed by atoms with E-state index in [1.54, 1.807) is 0 Å². The molecule has 1 fully saturated rings. The molecule has 0 radical (unpaired) electrons. The minimum atomic E-state index is 1.03. The van der Waals surface area contributed by atoms with E-state index in [0.717, 1.165) is 11.8 Å². The molecule has 0 spiro atoms. The molecule has 2 atom stereocenters. The summed E-state index contributed by atoms with van der Waals surface area (Å²) in [6, 6.07) is 0. The van der Waals surface area contributed by atoms with Crippen LogP contribution in [-0.2, 0) is 0 Å². The zero-order valence-electron chi connectivity index (χ0n) is 8.57. The maximum atomic E-state index is 2.33. The van der Waals surface area contributed by atoms with Crippen LogP contribution in [0.15, 0.2) is 0 Å². The van der Waals surface area contributed by atoms with Crippen LogP contribution < -0.4 is 0 Å². The Morgan fingerprint density at radius 1 is 0.700 bits per heavy atom. The average molecular weight is 144 g/mol. The summed E-state index contributed by atoms with van der Waals surface area (Å²) in [5, 5.41) is 0. The maximum Gasteiger partial charge on any atom is -0.0417 e. The van der Waals surface area contributed by atoms with E-state index in [1.165, 1.54) is 12.8 Å². The third-order valence-electron chi connectivity index (χ3n) is 2.05. The van der Waals surface area contributed by atoms with Crippen LogP contribution in [0.25, 0.3) is 0 Å². The molecule has 0 heterocycles. The Balaban J connectivity index is 0. The molecule has 0 aliphatic heterocycles. The van der Waals surface area contributed by atoms with Gasteiger partial charge in [-0.15, -0.1) is 0 Å². The lowest BCUT2D eigenvalue weighted by Crippen LogP contribution is -2.18. The van der Waals surface area contributed by atoms with Gasteiger partial charge in [-0.3, -0.25) is 0 Å². The summed E-state index contributed by atoms with van der Waals surface area (Å²) >= 11 is 0. The Labute approximate surface area is 67.0 Å². The van der Waals surface area contributed by atoms with Gasteiger partial charge in [0.15, 0.2) is 0 Å². The van der Waals surface area contributed by atoms with Crippen molar-refractivity contribution in [3.05, 3.63) is 0 Å². The van der Waals surface area contributed by atoms with Crippen LogP contribution in [0.4, 0.5) is 0 Å². The monoisotopic (exact) mass is 144 g/mol. The van der Waals surface area contributed by atoms with Crippen molar-refractivity contribution in [2.24, 2.45) is 11.8 Å². The molecular formula is C10H24. The molecule has 0 nitrogen and oxygen atoms in total. The minimum Gasteiger partial charge on any atom is -0.0683 e. The van der Waals surface area contributed by atoms with Crippen LogP contribution in [-0.4, -0.2) is 0 Å². The lowest BCUT2D eigenvalue weighted by molar-refractivity contribution is 0.219. The smallest absolute Gasteiger partial charge is 0.0417 e. The molecule has 0 bridgehead atoms. The van der Waals surface area contributed by atoms with Crippen LogP contribution in [0.2, 0.25) is 0 Å². The zero-order valence-corrected chi connectivity index (χ0v) is 8.57. The first-order valence-corrected chi connectivity index (χ1v) is 4.80. The van der Waals surface area contributed by atoms with Gasteiger partial charge < -0.3 is 0 Å². The van der Waals surface area contributed by atoms with Gasteiger partial charge in [-0.2, -0.15) is 0 Å². The molecule has 10 heavy (non-hydrogen) atoms. The predicted octanol–water partition coefficient (Wildman–Crippen LogP) is 4.10. The molecule has 0 saturated heterocycles. The molecule has 1 saturated carbocycles. The van der Waals surface area contributed by atoms with Gasteiger partial charge in [0.2, 0.25) is 0 Å². The van der Waals surface area contributed by atoms with E-state index in [4.69, 9.17) is 0 Å². The summed E-state index contributed by atoms with van der Waals surface area (Å²) in [6.45, 7) is 12.7. The molecule has 1 aliphatic rings. The fraction of sp³-hybridized carbons (Fsp3) is 1.00. The van der Waals surface area contributed by atoms with Gasteiger partial charge in [0, 0.05) is 0 Å². The van der Waals surface area contributed by atoms with Crippen molar-refractivity contribution in [2.45, 2.75) is 54.4 Å². The van der Waals surface area contributed by atoms with E-state index in [0.29, 0.717) is 0 Å². The van der Waals surface area contributed by atoms with Crippen LogP contribution in [0.3, 0.4) is 0 Å². The van der Waals surface area contributed by atoms with E-state index in [2.05, 4.69) is 13.8 Å². The van der Waals surface area contributed by atoms with Crippen LogP contribution in [0.5, 0.6) is 0 Å². The molecule has 64 valence electrons. The normalized spacial score (nSPS) is 28.2. The van der Waals surface area contributed by atoms with Crippen molar-refractivity contribution in [3.63, 3.8) is 0 Å². The molecule has 1 rings (SSSR count). The highest BCUT2D eigenvalue weighted by atomic mass is 14.3. The van der Waals surface area contributed by atoms with Crippen molar-refractivity contribution in [1.82, 2.24) is 0 Å². The van der Waals surface area contributed by atoms with Gasteiger partial charge in [-0.25, -0.2) is 0 Å². The first-order valence-electron chi connectivity index (χ1n) is 4.80. The Morgan fingerprint density at radius 3 is 0.900 bits per heavy atom. The fourth-order valence-corrected chi connectivity index (χ4v) is 0.833. The maximum absolute atomic E-state index is 2.33. The first kappa shape index (κ1) is 12.7. The van der Waals surface area contributed by atoms with Crippen LogP contribution in [0, 0.1) is 11.8 Å². The SMILES string of the molecule is CC.CC.CC1CC[C@@H]1C. The number of rotatable bonds is 0. The summed E-state index contributed by atoms with van der Waals surface area (Å²) in [5.41, 5.74) is 0. The Bertz CT molecular complexity index is 40.0.